The third kappa shape index (κ3) is 11.6. The molecule has 5 nitrogen and oxygen atoms in total. The third-order valence-electron chi connectivity index (χ3n) is 2.39. The van der Waals surface area contributed by atoms with Crippen molar-refractivity contribution in [1.29, 1.82) is 0 Å². The average molecular weight is 247 g/mol. The lowest BCUT2D eigenvalue weighted by atomic mass is 10.0. The normalized spacial score (nSPS) is 12.8. The Bertz CT molecular complexity index is 233. The molecular weight excluding hydrogens is 222 g/mol. The molecule has 0 aromatic heterocycles. The van der Waals surface area contributed by atoms with Gasteiger partial charge in [0.05, 0.1) is 24.4 Å². The van der Waals surface area contributed by atoms with Gasteiger partial charge < -0.3 is 20.3 Å². The van der Waals surface area contributed by atoms with Gasteiger partial charge in [-0.25, -0.2) is 0 Å². The number of carbonyl (C=O) groups is 1. The van der Waals surface area contributed by atoms with Crippen LogP contribution < -0.4 is 5.32 Å². The molecule has 0 aliphatic heterocycles. The van der Waals surface area contributed by atoms with Crippen LogP contribution in [0, 0.1) is 0 Å². The maximum atomic E-state index is 10.3. The third-order valence-corrected chi connectivity index (χ3v) is 2.39. The Hall–Kier alpha value is -0.650. The summed E-state index contributed by atoms with van der Waals surface area (Å²) in [6.07, 6.45) is 1.31. The summed E-state index contributed by atoms with van der Waals surface area (Å²) in [4.78, 5) is 10.3. The highest BCUT2D eigenvalue weighted by atomic mass is 16.5. The lowest BCUT2D eigenvalue weighted by Crippen LogP contribution is -2.33. The second-order valence-corrected chi connectivity index (χ2v) is 5.49. The Kier molecular flexibility index (Phi) is 6.67. The van der Waals surface area contributed by atoms with E-state index in [9.17, 15) is 9.90 Å². The topological polar surface area (TPSA) is 78.8 Å². The van der Waals surface area contributed by atoms with E-state index < -0.39 is 11.6 Å². The molecule has 102 valence electrons. The molecule has 0 atom stereocenters. The number of hydrogen-bond acceptors (Lipinski definition) is 4. The Morgan fingerprint density at radius 2 is 1.82 bits per heavy atom. The van der Waals surface area contributed by atoms with Gasteiger partial charge in [-0.15, -0.1) is 0 Å². The standard InChI is InChI=1S/C12H25NO4/c1-11(2,16)6-8-17-12(3,4)5-7-13-9-10(14)15/h13,16H,5-9H2,1-4H3,(H,14,15). The van der Waals surface area contributed by atoms with Crippen LogP contribution in [0.25, 0.3) is 0 Å². The fourth-order valence-electron chi connectivity index (χ4n) is 1.23. The lowest BCUT2D eigenvalue weighted by Gasteiger charge is -2.27. The number of hydrogen-bond donors (Lipinski definition) is 3. The highest BCUT2D eigenvalue weighted by Gasteiger charge is 2.20. The first kappa shape index (κ1) is 16.4. The number of carboxylic acid groups (broad SMARTS) is 1. The monoisotopic (exact) mass is 247 g/mol. The first-order valence-corrected chi connectivity index (χ1v) is 5.91. The van der Waals surface area contributed by atoms with Crippen molar-refractivity contribution in [2.45, 2.75) is 51.7 Å². The molecule has 0 saturated carbocycles. The van der Waals surface area contributed by atoms with Gasteiger partial charge in [-0.05, 0) is 47.1 Å². The second kappa shape index (κ2) is 6.93. The van der Waals surface area contributed by atoms with Gasteiger partial charge in [0.1, 0.15) is 0 Å². The Labute approximate surface area is 103 Å². The molecule has 0 aromatic rings. The zero-order valence-corrected chi connectivity index (χ0v) is 11.2. The molecule has 0 bridgehead atoms. The maximum absolute atomic E-state index is 10.3. The van der Waals surface area contributed by atoms with Crippen LogP contribution in [-0.2, 0) is 9.53 Å². The number of carboxylic acids is 1. The van der Waals surface area contributed by atoms with Crippen molar-refractivity contribution >= 4 is 5.97 Å². The summed E-state index contributed by atoms with van der Waals surface area (Å²) in [6, 6.07) is 0. The molecular formula is C12H25NO4. The number of nitrogens with one attached hydrogen (secondary N) is 1. The van der Waals surface area contributed by atoms with E-state index in [0.717, 1.165) is 6.42 Å². The van der Waals surface area contributed by atoms with Gasteiger partial charge in [0, 0.05) is 0 Å². The van der Waals surface area contributed by atoms with Crippen molar-refractivity contribution in [3.63, 3.8) is 0 Å². The van der Waals surface area contributed by atoms with E-state index >= 15 is 0 Å². The first-order chi connectivity index (χ1) is 7.62. The molecule has 0 fully saturated rings. The van der Waals surface area contributed by atoms with Gasteiger partial charge in [0.15, 0.2) is 0 Å². The lowest BCUT2D eigenvalue weighted by molar-refractivity contribution is -0.136. The molecule has 3 N–H and O–H groups in total. The molecule has 0 aliphatic rings. The van der Waals surface area contributed by atoms with Crippen molar-refractivity contribution in [3.8, 4) is 0 Å². The molecule has 0 spiro atoms. The minimum absolute atomic E-state index is 0.0280. The van der Waals surface area contributed by atoms with Gasteiger partial charge in [-0.1, -0.05) is 0 Å². The summed E-state index contributed by atoms with van der Waals surface area (Å²) in [5.74, 6) is -0.856. The zero-order valence-electron chi connectivity index (χ0n) is 11.2. The predicted molar refractivity (Wildman–Crippen MR) is 66.1 cm³/mol. The van der Waals surface area contributed by atoms with E-state index in [1.54, 1.807) is 13.8 Å². The van der Waals surface area contributed by atoms with Crippen LogP contribution in [0.4, 0.5) is 0 Å². The number of rotatable bonds is 9. The van der Waals surface area contributed by atoms with Crippen molar-refractivity contribution < 1.29 is 19.7 Å². The molecule has 0 radical (unpaired) electrons. The maximum Gasteiger partial charge on any atom is 0.317 e. The fourth-order valence-corrected chi connectivity index (χ4v) is 1.23. The van der Waals surface area contributed by atoms with E-state index in [-0.39, 0.29) is 12.1 Å². The van der Waals surface area contributed by atoms with Crippen LogP contribution in [0.3, 0.4) is 0 Å². The van der Waals surface area contributed by atoms with Crippen LogP contribution in [0.1, 0.15) is 40.5 Å². The minimum Gasteiger partial charge on any atom is -0.480 e. The van der Waals surface area contributed by atoms with Crippen LogP contribution >= 0.6 is 0 Å². The molecule has 0 unspecified atom stereocenters. The van der Waals surface area contributed by atoms with E-state index in [4.69, 9.17) is 9.84 Å². The summed E-state index contributed by atoms with van der Waals surface area (Å²) in [6.45, 7) is 8.48. The molecule has 17 heavy (non-hydrogen) atoms. The Morgan fingerprint density at radius 3 is 2.29 bits per heavy atom. The van der Waals surface area contributed by atoms with E-state index in [1.807, 2.05) is 13.8 Å². The molecule has 0 heterocycles. The van der Waals surface area contributed by atoms with Crippen LogP contribution in [0.5, 0.6) is 0 Å². The molecule has 0 amide bonds. The number of aliphatic carboxylic acids is 1. The zero-order chi connectivity index (χ0) is 13.5. The number of aliphatic hydroxyl groups is 1. The molecule has 5 heteroatoms. The molecule has 0 saturated heterocycles. The van der Waals surface area contributed by atoms with Crippen LogP contribution in [-0.4, -0.2) is 47.1 Å². The Morgan fingerprint density at radius 1 is 1.24 bits per heavy atom. The quantitative estimate of drug-likeness (QED) is 0.530. The summed E-state index contributed by atoms with van der Waals surface area (Å²) in [5.41, 5.74) is -1.02. The van der Waals surface area contributed by atoms with Gasteiger partial charge in [-0.3, -0.25) is 4.79 Å². The smallest absolute Gasteiger partial charge is 0.317 e. The molecule has 0 aliphatic carbocycles. The SMILES string of the molecule is CC(C)(O)CCOC(C)(C)CCNCC(=O)O. The molecule has 0 rings (SSSR count). The van der Waals surface area contributed by atoms with Crippen molar-refractivity contribution in [3.05, 3.63) is 0 Å². The average Bonchev–Trinajstić information content (AvgIpc) is 2.09. The van der Waals surface area contributed by atoms with Crippen molar-refractivity contribution in [2.75, 3.05) is 19.7 Å². The minimum atomic E-state index is -0.856. The first-order valence-electron chi connectivity index (χ1n) is 5.91. The van der Waals surface area contributed by atoms with E-state index in [1.165, 1.54) is 0 Å². The van der Waals surface area contributed by atoms with E-state index in [0.29, 0.717) is 19.6 Å². The fraction of sp³-hybridized carbons (Fsp3) is 0.917. The highest BCUT2D eigenvalue weighted by Crippen LogP contribution is 2.16. The largest absolute Gasteiger partial charge is 0.480 e. The predicted octanol–water partition coefficient (Wildman–Crippen LogP) is 1.01. The summed E-state index contributed by atoms with van der Waals surface area (Å²) >= 11 is 0. The summed E-state index contributed by atoms with van der Waals surface area (Å²) in [5, 5.41) is 20.8. The Balaban J connectivity index is 3.69. The summed E-state index contributed by atoms with van der Waals surface area (Å²) in [7, 11) is 0. The van der Waals surface area contributed by atoms with Crippen molar-refractivity contribution in [2.24, 2.45) is 0 Å². The van der Waals surface area contributed by atoms with Gasteiger partial charge in [0.2, 0.25) is 0 Å². The van der Waals surface area contributed by atoms with Crippen LogP contribution in [0.15, 0.2) is 0 Å². The van der Waals surface area contributed by atoms with Gasteiger partial charge in [0.25, 0.3) is 0 Å². The van der Waals surface area contributed by atoms with Crippen molar-refractivity contribution in [1.82, 2.24) is 5.32 Å². The second-order valence-electron chi connectivity index (χ2n) is 5.49. The van der Waals surface area contributed by atoms with Gasteiger partial charge in [-0.2, -0.15) is 0 Å². The number of ether oxygens (including phenoxy) is 1. The van der Waals surface area contributed by atoms with Crippen LogP contribution in [0.2, 0.25) is 0 Å². The van der Waals surface area contributed by atoms with Gasteiger partial charge >= 0.3 is 5.97 Å². The molecule has 0 aromatic carbocycles. The van der Waals surface area contributed by atoms with E-state index in [2.05, 4.69) is 5.32 Å². The summed E-state index contributed by atoms with van der Waals surface area (Å²) < 4.78 is 5.67. The highest BCUT2D eigenvalue weighted by molar-refractivity contribution is 5.68.